The van der Waals surface area contributed by atoms with E-state index >= 15 is 0 Å². The lowest BCUT2D eigenvalue weighted by molar-refractivity contribution is -0.153. The number of unbranched alkanes of at least 4 members (excludes halogenated alkanes) is 4. The van der Waals surface area contributed by atoms with Crippen LogP contribution in [0.4, 0.5) is 13.2 Å². The summed E-state index contributed by atoms with van der Waals surface area (Å²) >= 11 is 0. The number of aryl methyl sites for hydroxylation is 1. The maximum atomic E-state index is 12.3. The minimum Gasteiger partial charge on any atom is -0.484 e. The maximum absolute atomic E-state index is 12.3. The largest absolute Gasteiger partial charge is 0.484 e. The monoisotopic (exact) mass is 466 g/mol. The first-order valence-electron chi connectivity index (χ1n) is 13.7. The van der Waals surface area contributed by atoms with Crippen molar-refractivity contribution in [3.63, 3.8) is 0 Å². The predicted molar refractivity (Wildman–Crippen MR) is 131 cm³/mol. The van der Waals surface area contributed by atoms with Gasteiger partial charge in [0.05, 0.1) is 0 Å². The van der Waals surface area contributed by atoms with Crippen LogP contribution in [0.2, 0.25) is 0 Å². The Balaban J connectivity index is 1.28. The fourth-order valence-corrected chi connectivity index (χ4v) is 6.22. The molecule has 2 fully saturated rings. The van der Waals surface area contributed by atoms with Gasteiger partial charge >= 0.3 is 6.18 Å². The summed E-state index contributed by atoms with van der Waals surface area (Å²) in [5.74, 6) is 4.04. The average Bonchev–Trinajstić information content (AvgIpc) is 2.82. The molecule has 0 spiro atoms. The third-order valence-electron chi connectivity index (χ3n) is 8.33. The molecule has 0 heterocycles. The molecule has 3 rings (SSSR count). The molecule has 1 nitrogen and oxygen atoms in total. The normalized spacial score (nSPS) is 26.3. The first-order valence-corrected chi connectivity index (χ1v) is 13.7. The summed E-state index contributed by atoms with van der Waals surface area (Å²) in [7, 11) is 0. The molecule has 2 aliphatic rings. The highest BCUT2D eigenvalue weighted by atomic mass is 19.4. The van der Waals surface area contributed by atoms with Crippen molar-refractivity contribution in [3.8, 4) is 5.75 Å². The number of halogens is 3. The van der Waals surface area contributed by atoms with E-state index < -0.39 is 12.8 Å². The third kappa shape index (κ3) is 9.91. The zero-order chi connectivity index (χ0) is 23.5. The van der Waals surface area contributed by atoms with E-state index in [2.05, 4.69) is 6.92 Å². The third-order valence-corrected chi connectivity index (χ3v) is 8.33. The Kier molecular flexibility index (Phi) is 10.9. The first-order chi connectivity index (χ1) is 15.9. The minimum atomic E-state index is -4.29. The molecule has 2 aliphatic carbocycles. The van der Waals surface area contributed by atoms with Crippen LogP contribution in [0.15, 0.2) is 24.3 Å². The smallest absolute Gasteiger partial charge is 0.422 e. The molecule has 0 N–H and O–H groups in total. The van der Waals surface area contributed by atoms with Gasteiger partial charge in [0.1, 0.15) is 5.75 Å². The molecule has 0 aromatic heterocycles. The summed E-state index contributed by atoms with van der Waals surface area (Å²) in [6, 6.07) is 7.16. The van der Waals surface area contributed by atoms with Crippen LogP contribution in [0, 0.1) is 23.7 Å². The number of rotatable bonds is 12. The lowest BCUT2D eigenvalue weighted by atomic mass is 9.68. The number of hydrogen-bond acceptors (Lipinski definition) is 1. The topological polar surface area (TPSA) is 9.23 Å². The molecule has 0 saturated heterocycles. The molecular weight excluding hydrogens is 421 g/mol. The molecule has 1 aromatic carbocycles. The number of ether oxygens (including phenoxy) is 1. The number of hydrogen-bond donors (Lipinski definition) is 0. The van der Waals surface area contributed by atoms with E-state index in [-0.39, 0.29) is 0 Å². The second kappa shape index (κ2) is 13.6. The van der Waals surface area contributed by atoms with Gasteiger partial charge in [-0.2, -0.15) is 13.2 Å². The van der Waals surface area contributed by atoms with E-state index in [9.17, 15) is 13.2 Å². The van der Waals surface area contributed by atoms with Gasteiger partial charge in [0, 0.05) is 0 Å². The Bertz CT molecular complexity index is 638. The molecule has 0 aliphatic heterocycles. The van der Waals surface area contributed by atoms with Gasteiger partial charge in [0.25, 0.3) is 0 Å². The Morgan fingerprint density at radius 2 is 1.27 bits per heavy atom. The lowest BCUT2D eigenvalue weighted by Crippen LogP contribution is -2.26. The zero-order valence-corrected chi connectivity index (χ0v) is 20.7. The fraction of sp³-hybridized carbons (Fsp3) is 0.793. The SMILES string of the molecule is CCCCCCC[C@H]1CC[C@H]([C@H]2CC[C@H](CCc3ccc(OCC(F)(F)F)cc3)CC2)CC1. The number of benzene rings is 1. The van der Waals surface area contributed by atoms with Gasteiger partial charge in [-0.05, 0) is 79.9 Å². The van der Waals surface area contributed by atoms with E-state index in [0.29, 0.717) is 5.75 Å². The van der Waals surface area contributed by atoms with Crippen LogP contribution in [0.5, 0.6) is 5.75 Å². The molecule has 0 radical (unpaired) electrons. The van der Waals surface area contributed by atoms with Gasteiger partial charge in [-0.15, -0.1) is 0 Å². The second-order valence-electron chi connectivity index (χ2n) is 10.9. The standard InChI is InChI=1S/C29H45F3O/c1-2-3-4-5-6-7-23-10-16-26(17-11-23)27-18-12-24(13-19-27)8-9-25-14-20-28(21-15-25)33-22-29(30,31)32/h14-15,20-21,23-24,26-27H,2-13,16-19,22H2,1H3/t23-,24-,26-,27-. The Morgan fingerprint density at radius 3 is 1.82 bits per heavy atom. The molecule has 0 bridgehead atoms. The lowest BCUT2D eigenvalue weighted by Gasteiger charge is -2.38. The van der Waals surface area contributed by atoms with Crippen LogP contribution >= 0.6 is 0 Å². The molecule has 2 saturated carbocycles. The van der Waals surface area contributed by atoms with Crippen LogP contribution in [-0.4, -0.2) is 12.8 Å². The molecular formula is C29H45F3O. The summed E-state index contributed by atoms with van der Waals surface area (Å²) in [4.78, 5) is 0. The van der Waals surface area contributed by atoms with Gasteiger partial charge in [0.2, 0.25) is 0 Å². The van der Waals surface area contributed by atoms with Gasteiger partial charge in [-0.25, -0.2) is 0 Å². The summed E-state index contributed by atoms with van der Waals surface area (Å²) in [5, 5.41) is 0. The van der Waals surface area contributed by atoms with Crippen LogP contribution in [0.3, 0.4) is 0 Å². The minimum absolute atomic E-state index is 0.294. The molecule has 0 amide bonds. The van der Waals surface area contributed by atoms with Crippen molar-refractivity contribution in [3.05, 3.63) is 29.8 Å². The Hall–Kier alpha value is -1.19. The quantitative estimate of drug-likeness (QED) is 0.279. The van der Waals surface area contributed by atoms with E-state index in [1.54, 1.807) is 12.1 Å². The first kappa shape index (κ1) is 26.4. The maximum Gasteiger partial charge on any atom is 0.422 e. The number of alkyl halides is 3. The fourth-order valence-electron chi connectivity index (χ4n) is 6.22. The Morgan fingerprint density at radius 1 is 0.727 bits per heavy atom. The van der Waals surface area contributed by atoms with E-state index in [0.717, 1.165) is 30.1 Å². The summed E-state index contributed by atoms with van der Waals surface area (Å²) in [6.07, 6.45) is 17.9. The van der Waals surface area contributed by atoms with Crippen molar-refractivity contribution in [2.75, 3.05) is 6.61 Å². The summed E-state index contributed by atoms with van der Waals surface area (Å²) < 4.78 is 41.6. The van der Waals surface area contributed by atoms with Crippen LogP contribution < -0.4 is 4.74 Å². The van der Waals surface area contributed by atoms with Gasteiger partial charge in [0.15, 0.2) is 6.61 Å². The van der Waals surface area contributed by atoms with Gasteiger partial charge < -0.3 is 4.74 Å². The van der Waals surface area contributed by atoms with Crippen molar-refractivity contribution in [1.29, 1.82) is 0 Å². The highest BCUT2D eigenvalue weighted by Gasteiger charge is 2.31. The van der Waals surface area contributed by atoms with Crippen LogP contribution in [-0.2, 0) is 6.42 Å². The highest BCUT2D eigenvalue weighted by Crippen LogP contribution is 2.43. The van der Waals surface area contributed by atoms with Crippen molar-refractivity contribution in [2.24, 2.45) is 23.7 Å². The molecule has 1 aromatic rings. The van der Waals surface area contributed by atoms with Crippen molar-refractivity contribution in [1.82, 2.24) is 0 Å². The van der Waals surface area contributed by atoms with Crippen LogP contribution in [0.1, 0.15) is 109 Å². The molecule has 4 heteroatoms. The van der Waals surface area contributed by atoms with E-state index in [4.69, 9.17) is 4.74 Å². The predicted octanol–water partition coefficient (Wildman–Crippen LogP) is 9.53. The van der Waals surface area contributed by atoms with Crippen molar-refractivity contribution >= 4 is 0 Å². The van der Waals surface area contributed by atoms with Crippen LogP contribution in [0.25, 0.3) is 0 Å². The van der Waals surface area contributed by atoms with Gasteiger partial charge in [-0.1, -0.05) is 83.3 Å². The second-order valence-corrected chi connectivity index (χ2v) is 10.9. The highest BCUT2D eigenvalue weighted by molar-refractivity contribution is 5.27. The molecule has 33 heavy (non-hydrogen) atoms. The molecule has 0 unspecified atom stereocenters. The van der Waals surface area contributed by atoms with Gasteiger partial charge in [-0.3, -0.25) is 0 Å². The summed E-state index contributed by atoms with van der Waals surface area (Å²) in [5.41, 5.74) is 1.20. The van der Waals surface area contributed by atoms with Crippen molar-refractivity contribution in [2.45, 2.75) is 116 Å². The molecule has 0 atom stereocenters. The average molecular weight is 467 g/mol. The zero-order valence-electron chi connectivity index (χ0n) is 20.7. The van der Waals surface area contributed by atoms with E-state index in [1.165, 1.54) is 102 Å². The Labute approximate surface area is 199 Å². The van der Waals surface area contributed by atoms with Crippen molar-refractivity contribution < 1.29 is 17.9 Å². The molecule has 188 valence electrons. The summed E-state index contributed by atoms with van der Waals surface area (Å²) in [6.45, 7) is 1.06. The van der Waals surface area contributed by atoms with E-state index in [1.807, 2.05) is 12.1 Å².